The summed E-state index contributed by atoms with van der Waals surface area (Å²) < 4.78 is 38.9. The van der Waals surface area contributed by atoms with Crippen LogP contribution in [0.2, 0.25) is 0 Å². The third-order valence-electron chi connectivity index (χ3n) is 5.87. The summed E-state index contributed by atoms with van der Waals surface area (Å²) in [6.45, 7) is 1.41. The number of aromatic nitrogens is 5. The Morgan fingerprint density at radius 2 is 1.94 bits per heavy atom. The lowest BCUT2D eigenvalue weighted by molar-refractivity contribution is -0.121. The van der Waals surface area contributed by atoms with Crippen molar-refractivity contribution in [2.45, 2.75) is 37.1 Å². The van der Waals surface area contributed by atoms with Gasteiger partial charge in [-0.3, -0.25) is 4.79 Å². The molecule has 35 heavy (non-hydrogen) atoms. The first-order chi connectivity index (χ1) is 17.0. The van der Waals surface area contributed by atoms with E-state index < -0.39 is 10.0 Å². The van der Waals surface area contributed by atoms with Crippen LogP contribution in [0.5, 0.6) is 0 Å². The van der Waals surface area contributed by atoms with E-state index in [1.807, 2.05) is 29.0 Å². The van der Waals surface area contributed by atoms with Crippen LogP contribution in [-0.2, 0) is 27.8 Å². The highest BCUT2D eigenvalue weighted by atomic mass is 32.2. The van der Waals surface area contributed by atoms with Crippen LogP contribution in [0, 0.1) is 0 Å². The van der Waals surface area contributed by atoms with Gasteiger partial charge in [0.1, 0.15) is 15.9 Å². The first kappa shape index (κ1) is 23.2. The van der Waals surface area contributed by atoms with Crippen molar-refractivity contribution in [2.75, 3.05) is 6.54 Å². The lowest BCUT2D eigenvalue weighted by Gasteiger charge is -2.07. The van der Waals surface area contributed by atoms with E-state index in [4.69, 9.17) is 0 Å². The number of carbonyl (C=O) groups excluding carboxylic acids is 1. The number of rotatable bonds is 10. The molecule has 180 valence electrons. The van der Waals surface area contributed by atoms with Crippen LogP contribution in [0.1, 0.15) is 24.8 Å². The van der Waals surface area contributed by atoms with Crippen LogP contribution in [0.15, 0.2) is 72.3 Å². The molecule has 0 aliphatic carbocycles. The second kappa shape index (κ2) is 9.96. The molecule has 0 aliphatic heterocycles. The van der Waals surface area contributed by atoms with Crippen molar-refractivity contribution in [1.82, 2.24) is 27.6 Å². The molecule has 11 heteroatoms. The van der Waals surface area contributed by atoms with Crippen molar-refractivity contribution in [2.24, 2.45) is 0 Å². The van der Waals surface area contributed by atoms with Gasteiger partial charge in [-0.05, 0) is 43.0 Å². The lowest BCUT2D eigenvalue weighted by atomic mass is 10.1. The normalized spacial score (nSPS) is 11.9. The van der Waals surface area contributed by atoms with Crippen molar-refractivity contribution in [3.05, 3.63) is 72.9 Å². The Hall–Kier alpha value is -3.57. The smallest absolute Gasteiger partial charge is 0.270 e. The molecule has 0 saturated heterocycles. The first-order valence-corrected chi connectivity index (χ1v) is 13.5. The quantitative estimate of drug-likeness (QED) is 0.289. The molecule has 0 aliphatic rings. The molecule has 3 heterocycles. The minimum Gasteiger partial charge on any atom is -0.356 e. The minimum atomic E-state index is -3.88. The van der Waals surface area contributed by atoms with E-state index >= 15 is 0 Å². The van der Waals surface area contributed by atoms with Crippen LogP contribution in [0.3, 0.4) is 0 Å². The Balaban J connectivity index is 1.28. The summed E-state index contributed by atoms with van der Waals surface area (Å²) in [5.41, 5.74) is 2.43. The standard InChI is InChI=1S/C24H24N6O3S2/c31-23(26-12-5-14-29-15-13-25-17-29)11-3-6-18-16-30(21-9-2-1-7-19(18)21)35(32,33)22-10-4-8-20-24(22)28-34-27-20/h1-2,4,7-10,13,15-17H,3,5-6,11-12,14H2,(H,26,31). The predicted octanol–water partition coefficient (Wildman–Crippen LogP) is 3.61. The highest BCUT2D eigenvalue weighted by Gasteiger charge is 2.24. The van der Waals surface area contributed by atoms with Gasteiger partial charge in [-0.2, -0.15) is 8.75 Å². The zero-order chi connectivity index (χ0) is 24.3. The zero-order valence-electron chi connectivity index (χ0n) is 18.9. The van der Waals surface area contributed by atoms with Crippen LogP contribution in [-0.4, -0.2) is 43.1 Å². The van der Waals surface area contributed by atoms with Crippen molar-refractivity contribution in [3.8, 4) is 0 Å². The molecule has 1 amide bonds. The van der Waals surface area contributed by atoms with Gasteiger partial charge in [-0.1, -0.05) is 24.3 Å². The van der Waals surface area contributed by atoms with Gasteiger partial charge in [0.25, 0.3) is 10.0 Å². The molecule has 0 atom stereocenters. The van der Waals surface area contributed by atoms with Crippen LogP contribution in [0.4, 0.5) is 0 Å². The Morgan fingerprint density at radius 3 is 2.80 bits per heavy atom. The second-order valence-corrected chi connectivity index (χ2v) is 10.5. The fourth-order valence-electron chi connectivity index (χ4n) is 4.15. The van der Waals surface area contributed by atoms with E-state index in [2.05, 4.69) is 19.0 Å². The first-order valence-electron chi connectivity index (χ1n) is 11.3. The van der Waals surface area contributed by atoms with E-state index in [0.29, 0.717) is 42.4 Å². The number of benzene rings is 2. The van der Waals surface area contributed by atoms with Gasteiger partial charge in [-0.25, -0.2) is 17.4 Å². The molecular weight excluding hydrogens is 484 g/mol. The van der Waals surface area contributed by atoms with Gasteiger partial charge < -0.3 is 9.88 Å². The number of nitrogens with zero attached hydrogens (tertiary/aromatic N) is 5. The molecule has 0 saturated carbocycles. The number of nitrogens with one attached hydrogen (secondary N) is 1. The molecule has 5 rings (SSSR count). The van der Waals surface area contributed by atoms with Gasteiger partial charge in [-0.15, -0.1) is 0 Å². The summed E-state index contributed by atoms with van der Waals surface area (Å²) >= 11 is 0.992. The maximum Gasteiger partial charge on any atom is 0.270 e. The van der Waals surface area contributed by atoms with Gasteiger partial charge in [0.05, 0.1) is 23.6 Å². The Bertz CT molecular complexity index is 1570. The summed E-state index contributed by atoms with van der Waals surface area (Å²) in [7, 11) is -3.88. The molecule has 0 radical (unpaired) electrons. The van der Waals surface area contributed by atoms with Crippen LogP contribution < -0.4 is 5.32 Å². The van der Waals surface area contributed by atoms with Gasteiger partial charge in [0.2, 0.25) is 5.91 Å². The largest absolute Gasteiger partial charge is 0.356 e. The number of imidazole rings is 1. The minimum absolute atomic E-state index is 0.00491. The molecule has 2 aromatic carbocycles. The fraction of sp³-hybridized carbons (Fsp3) is 0.250. The van der Waals surface area contributed by atoms with Crippen LogP contribution >= 0.6 is 11.7 Å². The van der Waals surface area contributed by atoms with E-state index in [1.165, 1.54) is 3.97 Å². The molecule has 0 bridgehead atoms. The van der Waals surface area contributed by atoms with Crippen molar-refractivity contribution in [3.63, 3.8) is 0 Å². The third kappa shape index (κ3) is 4.82. The molecule has 9 nitrogen and oxygen atoms in total. The number of fused-ring (bicyclic) bond motifs is 2. The molecule has 0 fully saturated rings. The Labute approximate surface area is 206 Å². The third-order valence-corrected chi connectivity index (χ3v) is 8.12. The Kier molecular flexibility index (Phi) is 6.60. The zero-order valence-corrected chi connectivity index (χ0v) is 20.5. The summed E-state index contributed by atoms with van der Waals surface area (Å²) in [6, 6.07) is 12.4. The highest BCUT2D eigenvalue weighted by Crippen LogP contribution is 2.29. The molecule has 0 unspecified atom stereocenters. The average Bonchev–Trinajstić information content (AvgIpc) is 3.62. The van der Waals surface area contributed by atoms with Gasteiger partial charge >= 0.3 is 0 Å². The number of aryl methyl sites for hydroxylation is 2. The predicted molar refractivity (Wildman–Crippen MR) is 135 cm³/mol. The highest BCUT2D eigenvalue weighted by molar-refractivity contribution is 7.90. The van der Waals surface area contributed by atoms with Gasteiger partial charge in [0.15, 0.2) is 0 Å². The molecule has 3 aromatic heterocycles. The molecule has 5 aromatic rings. The summed E-state index contributed by atoms with van der Waals surface area (Å²) in [5.74, 6) is -0.00491. The van der Waals surface area contributed by atoms with E-state index in [9.17, 15) is 13.2 Å². The monoisotopic (exact) mass is 508 g/mol. The maximum atomic E-state index is 13.6. The summed E-state index contributed by atoms with van der Waals surface area (Å²) in [5, 5.41) is 3.81. The van der Waals surface area contributed by atoms with Crippen LogP contribution in [0.25, 0.3) is 21.9 Å². The number of amides is 1. The van der Waals surface area contributed by atoms with E-state index in [-0.39, 0.29) is 10.8 Å². The number of hydrogen-bond donors (Lipinski definition) is 1. The van der Waals surface area contributed by atoms with E-state index in [0.717, 1.165) is 35.6 Å². The maximum absolute atomic E-state index is 13.6. The van der Waals surface area contributed by atoms with Crippen molar-refractivity contribution in [1.29, 1.82) is 0 Å². The fourth-order valence-corrected chi connectivity index (χ4v) is 6.30. The topological polar surface area (TPSA) is 112 Å². The number of carbonyl (C=O) groups is 1. The van der Waals surface area contributed by atoms with Gasteiger partial charge in [0, 0.05) is 43.5 Å². The van der Waals surface area contributed by atoms with E-state index in [1.54, 1.807) is 43.0 Å². The lowest BCUT2D eigenvalue weighted by Crippen LogP contribution is -2.24. The number of para-hydroxylation sites is 1. The summed E-state index contributed by atoms with van der Waals surface area (Å²) in [4.78, 5) is 16.4. The molecule has 0 spiro atoms. The average molecular weight is 509 g/mol. The van der Waals surface area contributed by atoms with Crippen molar-refractivity contribution < 1.29 is 13.2 Å². The molecule has 1 N–H and O–H groups in total. The summed E-state index contributed by atoms with van der Waals surface area (Å²) in [6.07, 6.45) is 9.47. The number of hydrogen-bond acceptors (Lipinski definition) is 7. The second-order valence-electron chi connectivity index (χ2n) is 8.22. The SMILES string of the molecule is O=C(CCCc1cn(S(=O)(=O)c2cccc3nsnc23)c2ccccc12)NCCCn1ccnc1. The van der Waals surface area contributed by atoms with Crippen molar-refractivity contribution >= 4 is 49.6 Å². The Morgan fingerprint density at radius 1 is 1.06 bits per heavy atom. The molecular formula is C24H24N6O3S2.